The second kappa shape index (κ2) is 12.9. The standard InChI is InChI=1S/C30H34O6/c1-20(31)29-26(35-2)18-25(19-27(29)36-3)30(34)24(11-7-10-21-8-5-4-6-9-21)16-22-12-14-23(15-13-22)17-28(32)33/h4-6,8-9,12-15,18-19,24,30,34H,7,10-11,16-17H2,1-3H3,(H,32,33)/t24-,30-/m0/s1. The number of carbonyl (C=O) groups is 2. The van der Waals surface area contributed by atoms with Crippen LogP contribution in [0.3, 0.4) is 0 Å². The number of methoxy groups -OCH3 is 2. The van der Waals surface area contributed by atoms with Gasteiger partial charge in [0.1, 0.15) is 17.1 Å². The third-order valence-electron chi connectivity index (χ3n) is 6.43. The summed E-state index contributed by atoms with van der Waals surface area (Å²) in [7, 11) is 2.99. The molecule has 190 valence electrons. The minimum absolute atomic E-state index is 0.0223. The van der Waals surface area contributed by atoms with Crippen molar-refractivity contribution in [2.45, 2.75) is 45.1 Å². The fraction of sp³-hybridized carbons (Fsp3) is 0.333. The van der Waals surface area contributed by atoms with Crippen molar-refractivity contribution in [3.63, 3.8) is 0 Å². The molecule has 0 spiro atoms. The number of carbonyl (C=O) groups excluding carboxylic acids is 1. The molecule has 0 aliphatic rings. The van der Waals surface area contributed by atoms with Crippen molar-refractivity contribution in [3.8, 4) is 11.5 Å². The Morgan fingerprint density at radius 3 is 1.97 bits per heavy atom. The molecule has 6 nitrogen and oxygen atoms in total. The van der Waals surface area contributed by atoms with E-state index in [1.165, 1.54) is 26.7 Å². The monoisotopic (exact) mass is 490 g/mol. The minimum atomic E-state index is -0.867. The Labute approximate surface area is 212 Å². The van der Waals surface area contributed by atoms with Crippen LogP contribution < -0.4 is 9.47 Å². The number of aliphatic carboxylic acids is 1. The second-order valence-electron chi connectivity index (χ2n) is 9.03. The predicted molar refractivity (Wildman–Crippen MR) is 139 cm³/mol. The first-order valence-corrected chi connectivity index (χ1v) is 12.1. The molecule has 0 amide bonds. The van der Waals surface area contributed by atoms with Crippen molar-refractivity contribution >= 4 is 11.8 Å². The number of aliphatic hydroxyl groups is 1. The quantitative estimate of drug-likeness (QED) is 0.310. The van der Waals surface area contributed by atoms with Gasteiger partial charge in [-0.15, -0.1) is 0 Å². The summed E-state index contributed by atoms with van der Waals surface area (Å²) in [6.45, 7) is 1.46. The molecule has 2 atom stereocenters. The Bertz CT molecular complexity index is 1130. The van der Waals surface area contributed by atoms with Crippen molar-refractivity contribution in [2.24, 2.45) is 5.92 Å². The molecule has 2 N–H and O–H groups in total. The smallest absolute Gasteiger partial charge is 0.307 e. The summed E-state index contributed by atoms with van der Waals surface area (Å²) >= 11 is 0. The Kier molecular flexibility index (Phi) is 9.65. The molecule has 0 aliphatic carbocycles. The van der Waals surface area contributed by atoms with Gasteiger partial charge in [0, 0.05) is 0 Å². The van der Waals surface area contributed by atoms with E-state index in [1.54, 1.807) is 12.1 Å². The number of ketones is 1. The lowest BCUT2D eigenvalue weighted by Gasteiger charge is -2.25. The van der Waals surface area contributed by atoms with E-state index >= 15 is 0 Å². The fourth-order valence-electron chi connectivity index (χ4n) is 4.58. The number of Topliss-reactive ketones (excluding diaryl/α,β-unsaturated/α-hetero) is 1. The number of rotatable bonds is 13. The minimum Gasteiger partial charge on any atom is -0.496 e. The largest absolute Gasteiger partial charge is 0.496 e. The van der Waals surface area contributed by atoms with Crippen molar-refractivity contribution in [1.29, 1.82) is 0 Å². The zero-order chi connectivity index (χ0) is 26.1. The lowest BCUT2D eigenvalue weighted by molar-refractivity contribution is -0.136. The van der Waals surface area contributed by atoms with Gasteiger partial charge in [-0.25, -0.2) is 0 Å². The van der Waals surface area contributed by atoms with Gasteiger partial charge in [-0.3, -0.25) is 9.59 Å². The molecular formula is C30H34O6. The zero-order valence-electron chi connectivity index (χ0n) is 21.1. The molecule has 3 rings (SSSR count). The number of aryl methyl sites for hydroxylation is 1. The third-order valence-corrected chi connectivity index (χ3v) is 6.43. The summed E-state index contributed by atoms with van der Waals surface area (Å²) in [6, 6.07) is 21.2. The number of carboxylic acids is 1. The summed E-state index contributed by atoms with van der Waals surface area (Å²) in [4.78, 5) is 23.2. The highest BCUT2D eigenvalue weighted by Gasteiger charge is 2.25. The van der Waals surface area contributed by atoms with Crippen LogP contribution in [0.15, 0.2) is 66.7 Å². The molecule has 0 radical (unpaired) electrons. The molecule has 0 heterocycles. The van der Waals surface area contributed by atoms with Crippen LogP contribution in [0, 0.1) is 5.92 Å². The molecule has 3 aromatic carbocycles. The molecule has 6 heteroatoms. The fourth-order valence-corrected chi connectivity index (χ4v) is 4.58. The molecule has 0 aliphatic heterocycles. The molecule has 0 bridgehead atoms. The normalized spacial score (nSPS) is 12.6. The first kappa shape index (κ1) is 27.0. The van der Waals surface area contributed by atoms with E-state index in [1.807, 2.05) is 42.5 Å². The van der Waals surface area contributed by atoms with Crippen LogP contribution in [0.4, 0.5) is 0 Å². The number of carboxylic acid groups (broad SMARTS) is 1. The SMILES string of the molecule is COc1cc([C@@H](O)[C@@H](CCCc2ccccc2)Cc2ccc(CC(=O)O)cc2)cc(OC)c1C(C)=O. The molecule has 3 aromatic rings. The van der Waals surface area contributed by atoms with E-state index in [-0.39, 0.29) is 18.1 Å². The van der Waals surface area contributed by atoms with Crippen LogP contribution >= 0.6 is 0 Å². The second-order valence-corrected chi connectivity index (χ2v) is 9.03. The number of hydrogen-bond donors (Lipinski definition) is 2. The van der Waals surface area contributed by atoms with Crippen LogP contribution in [0.2, 0.25) is 0 Å². The Morgan fingerprint density at radius 1 is 0.861 bits per heavy atom. The molecular weight excluding hydrogens is 456 g/mol. The maximum atomic E-state index is 12.2. The maximum Gasteiger partial charge on any atom is 0.307 e. The maximum absolute atomic E-state index is 12.2. The Morgan fingerprint density at radius 2 is 1.44 bits per heavy atom. The van der Waals surface area contributed by atoms with Gasteiger partial charge in [-0.05, 0) is 72.9 Å². The molecule has 0 aromatic heterocycles. The average Bonchev–Trinajstić information content (AvgIpc) is 2.88. The van der Waals surface area contributed by atoms with Gasteiger partial charge in [-0.2, -0.15) is 0 Å². The van der Waals surface area contributed by atoms with Gasteiger partial charge in [-0.1, -0.05) is 54.6 Å². The van der Waals surface area contributed by atoms with E-state index in [4.69, 9.17) is 14.6 Å². The summed E-state index contributed by atoms with van der Waals surface area (Å²) < 4.78 is 10.9. The lowest BCUT2D eigenvalue weighted by Crippen LogP contribution is -2.17. The average molecular weight is 491 g/mol. The van der Waals surface area contributed by atoms with Gasteiger partial charge in [0.25, 0.3) is 0 Å². The highest BCUT2D eigenvalue weighted by molar-refractivity contribution is 5.99. The summed E-state index contributed by atoms with van der Waals surface area (Å²) in [5, 5.41) is 20.5. The van der Waals surface area contributed by atoms with Crippen LogP contribution in [0.1, 0.15) is 58.5 Å². The topological polar surface area (TPSA) is 93.1 Å². The first-order chi connectivity index (χ1) is 17.3. The third kappa shape index (κ3) is 7.18. The predicted octanol–water partition coefficient (Wildman–Crippen LogP) is 5.45. The number of aliphatic hydroxyl groups excluding tert-OH is 1. The van der Waals surface area contributed by atoms with Crippen molar-refractivity contribution in [1.82, 2.24) is 0 Å². The summed E-state index contributed by atoms with van der Waals surface area (Å²) in [6.07, 6.45) is 2.34. The highest BCUT2D eigenvalue weighted by atomic mass is 16.5. The van der Waals surface area contributed by atoms with Gasteiger partial charge in [0.15, 0.2) is 5.78 Å². The molecule has 36 heavy (non-hydrogen) atoms. The molecule has 0 saturated heterocycles. The first-order valence-electron chi connectivity index (χ1n) is 12.1. The van der Waals surface area contributed by atoms with Crippen LogP contribution in [0.25, 0.3) is 0 Å². The number of ether oxygens (including phenoxy) is 2. The lowest BCUT2D eigenvalue weighted by atomic mass is 9.84. The van der Waals surface area contributed by atoms with Crippen LogP contribution in [-0.2, 0) is 24.1 Å². The van der Waals surface area contributed by atoms with E-state index in [9.17, 15) is 14.7 Å². The highest BCUT2D eigenvalue weighted by Crippen LogP contribution is 2.37. The Balaban J connectivity index is 1.87. The van der Waals surface area contributed by atoms with Gasteiger partial charge >= 0.3 is 5.97 Å². The van der Waals surface area contributed by atoms with Crippen LogP contribution in [-0.4, -0.2) is 36.2 Å². The van der Waals surface area contributed by atoms with E-state index in [0.29, 0.717) is 29.0 Å². The van der Waals surface area contributed by atoms with Crippen molar-refractivity contribution in [3.05, 3.63) is 94.5 Å². The zero-order valence-corrected chi connectivity index (χ0v) is 21.1. The summed E-state index contributed by atoms with van der Waals surface area (Å²) in [5.41, 5.74) is 3.98. The summed E-state index contributed by atoms with van der Waals surface area (Å²) in [5.74, 6) is -0.412. The van der Waals surface area contributed by atoms with Crippen molar-refractivity contribution < 1.29 is 29.3 Å². The van der Waals surface area contributed by atoms with E-state index in [2.05, 4.69) is 12.1 Å². The molecule has 0 saturated carbocycles. The number of benzene rings is 3. The van der Waals surface area contributed by atoms with E-state index < -0.39 is 12.1 Å². The van der Waals surface area contributed by atoms with Crippen molar-refractivity contribution in [2.75, 3.05) is 14.2 Å². The van der Waals surface area contributed by atoms with Gasteiger partial charge in [0.2, 0.25) is 0 Å². The van der Waals surface area contributed by atoms with Crippen LogP contribution in [0.5, 0.6) is 11.5 Å². The number of hydrogen-bond acceptors (Lipinski definition) is 5. The molecule has 0 fully saturated rings. The van der Waals surface area contributed by atoms with E-state index in [0.717, 1.165) is 30.4 Å². The molecule has 0 unspecified atom stereocenters. The Hall–Kier alpha value is -3.64. The van der Waals surface area contributed by atoms with Gasteiger partial charge < -0.3 is 19.7 Å². The van der Waals surface area contributed by atoms with Gasteiger partial charge in [0.05, 0.1) is 26.7 Å².